The molecule has 0 aromatic carbocycles. The molecule has 3 heterocycles. The molecule has 3 rings (SSSR count). The van der Waals surface area contributed by atoms with Crippen molar-refractivity contribution in [3.05, 3.63) is 44.8 Å². The summed E-state index contributed by atoms with van der Waals surface area (Å²) in [5.41, 5.74) is 0.476. The number of nitrogens with zero attached hydrogens (tertiary/aromatic N) is 4. The molecule has 116 valence electrons. The molecule has 0 N–H and O–H groups in total. The maximum Gasteiger partial charge on any atom is 0.267 e. The number of amides is 1. The van der Waals surface area contributed by atoms with E-state index in [9.17, 15) is 9.59 Å². The van der Waals surface area contributed by atoms with Crippen LogP contribution in [0.1, 0.15) is 36.0 Å². The summed E-state index contributed by atoms with van der Waals surface area (Å²) in [6, 6.07) is 3.13. The third-order valence-corrected chi connectivity index (χ3v) is 4.72. The molecule has 0 spiro atoms. The van der Waals surface area contributed by atoms with Gasteiger partial charge in [-0.2, -0.15) is 5.10 Å². The Morgan fingerprint density at radius 3 is 3.05 bits per heavy atom. The quantitative estimate of drug-likeness (QED) is 0.865. The minimum atomic E-state index is -0.248. The molecule has 0 saturated carbocycles. The molecule has 1 atom stereocenters. The Morgan fingerprint density at radius 2 is 2.27 bits per heavy atom. The van der Waals surface area contributed by atoms with E-state index in [0.717, 1.165) is 30.0 Å². The number of likely N-dealkylation sites (tertiary alicyclic amines) is 1. The molecular weight excluding hydrogens is 300 g/mol. The molecule has 1 unspecified atom stereocenters. The minimum Gasteiger partial charge on any atom is -0.332 e. The van der Waals surface area contributed by atoms with Crippen molar-refractivity contribution in [3.63, 3.8) is 0 Å². The highest BCUT2D eigenvalue weighted by Crippen LogP contribution is 2.32. The van der Waals surface area contributed by atoms with Gasteiger partial charge in [0.15, 0.2) is 0 Å². The Labute approximate surface area is 132 Å². The Bertz CT molecular complexity index is 711. The van der Waals surface area contributed by atoms with Gasteiger partial charge >= 0.3 is 0 Å². The van der Waals surface area contributed by atoms with E-state index < -0.39 is 0 Å². The zero-order valence-corrected chi connectivity index (χ0v) is 13.3. The van der Waals surface area contributed by atoms with Gasteiger partial charge in [-0.25, -0.2) is 9.67 Å². The van der Waals surface area contributed by atoms with Gasteiger partial charge in [-0.3, -0.25) is 9.59 Å². The predicted molar refractivity (Wildman–Crippen MR) is 83.7 cm³/mol. The fraction of sp³-hybridized carbons (Fsp3) is 0.467. The smallest absolute Gasteiger partial charge is 0.267 e. The largest absolute Gasteiger partial charge is 0.332 e. The molecule has 22 heavy (non-hydrogen) atoms. The van der Waals surface area contributed by atoms with Gasteiger partial charge in [-0.1, -0.05) is 0 Å². The van der Waals surface area contributed by atoms with Gasteiger partial charge in [-0.05, 0) is 32.3 Å². The van der Waals surface area contributed by atoms with Crippen molar-refractivity contribution in [1.29, 1.82) is 0 Å². The van der Waals surface area contributed by atoms with E-state index in [1.165, 1.54) is 10.7 Å². The molecule has 0 bridgehead atoms. The highest BCUT2D eigenvalue weighted by Gasteiger charge is 2.29. The molecule has 0 aliphatic carbocycles. The lowest BCUT2D eigenvalue weighted by Gasteiger charge is -2.34. The molecule has 1 saturated heterocycles. The highest BCUT2D eigenvalue weighted by atomic mass is 32.1. The van der Waals surface area contributed by atoms with E-state index in [0.29, 0.717) is 6.54 Å². The van der Waals surface area contributed by atoms with Crippen molar-refractivity contribution in [2.24, 2.45) is 0 Å². The van der Waals surface area contributed by atoms with Gasteiger partial charge in [0.05, 0.1) is 11.7 Å². The van der Waals surface area contributed by atoms with Crippen molar-refractivity contribution < 1.29 is 4.79 Å². The molecule has 1 aliphatic heterocycles. The summed E-state index contributed by atoms with van der Waals surface area (Å²) in [4.78, 5) is 30.7. The number of aryl methyl sites for hydroxylation is 1. The van der Waals surface area contributed by atoms with E-state index in [2.05, 4.69) is 10.1 Å². The molecule has 0 radical (unpaired) electrons. The number of aromatic nitrogens is 3. The first-order valence-corrected chi connectivity index (χ1v) is 8.27. The van der Waals surface area contributed by atoms with Crippen LogP contribution in [0.2, 0.25) is 0 Å². The van der Waals surface area contributed by atoms with Gasteiger partial charge in [0, 0.05) is 24.2 Å². The second kappa shape index (κ2) is 6.39. The summed E-state index contributed by atoms with van der Waals surface area (Å²) in [5, 5.41) is 7.04. The Morgan fingerprint density at radius 1 is 1.41 bits per heavy atom. The van der Waals surface area contributed by atoms with Crippen LogP contribution in [-0.4, -0.2) is 32.1 Å². The molecule has 2 aromatic rings. The van der Waals surface area contributed by atoms with Crippen LogP contribution in [-0.2, 0) is 11.3 Å². The summed E-state index contributed by atoms with van der Waals surface area (Å²) in [6.07, 6.45) is 4.78. The normalized spacial score (nSPS) is 18.4. The van der Waals surface area contributed by atoms with E-state index in [1.54, 1.807) is 30.5 Å². The average molecular weight is 318 g/mol. The van der Waals surface area contributed by atoms with Gasteiger partial charge < -0.3 is 4.90 Å². The Kier molecular flexibility index (Phi) is 4.33. The van der Waals surface area contributed by atoms with Crippen molar-refractivity contribution >= 4 is 17.2 Å². The van der Waals surface area contributed by atoms with E-state index in [4.69, 9.17) is 0 Å². The highest BCUT2D eigenvalue weighted by molar-refractivity contribution is 7.09. The van der Waals surface area contributed by atoms with Crippen molar-refractivity contribution in [3.8, 4) is 0 Å². The van der Waals surface area contributed by atoms with Crippen LogP contribution < -0.4 is 5.56 Å². The first kappa shape index (κ1) is 14.9. The molecule has 1 aliphatic rings. The summed E-state index contributed by atoms with van der Waals surface area (Å²) < 4.78 is 1.24. The zero-order chi connectivity index (χ0) is 15.5. The number of piperidine rings is 1. The van der Waals surface area contributed by atoms with Crippen LogP contribution in [0.25, 0.3) is 0 Å². The summed E-state index contributed by atoms with van der Waals surface area (Å²) in [6.45, 7) is 2.51. The predicted octanol–water partition coefficient (Wildman–Crippen LogP) is 1.76. The minimum absolute atomic E-state index is 0.0115. The van der Waals surface area contributed by atoms with Crippen LogP contribution in [0.5, 0.6) is 0 Å². The number of thiazole rings is 1. The number of carbonyl (C=O) groups is 1. The lowest BCUT2D eigenvalue weighted by molar-refractivity contribution is -0.136. The first-order valence-electron chi connectivity index (χ1n) is 7.39. The van der Waals surface area contributed by atoms with Crippen molar-refractivity contribution in [2.75, 3.05) is 6.54 Å². The maximum absolute atomic E-state index is 12.6. The van der Waals surface area contributed by atoms with E-state index in [1.807, 2.05) is 10.3 Å². The number of rotatable bonds is 3. The summed E-state index contributed by atoms with van der Waals surface area (Å²) >= 11 is 1.57. The average Bonchev–Trinajstić information content (AvgIpc) is 3.05. The monoisotopic (exact) mass is 318 g/mol. The van der Waals surface area contributed by atoms with Gasteiger partial charge in [0.25, 0.3) is 5.56 Å². The third-order valence-electron chi connectivity index (χ3n) is 3.84. The van der Waals surface area contributed by atoms with Crippen molar-refractivity contribution in [1.82, 2.24) is 19.7 Å². The standard InChI is InChI=1S/C15H18N4O2S/c1-11-5-6-13(20)19(17-11)10-14(21)18-8-3-2-4-12(18)15-16-7-9-22-15/h5-7,9,12H,2-4,8,10H2,1H3. The molecule has 1 amide bonds. The van der Waals surface area contributed by atoms with Crippen LogP contribution >= 0.6 is 11.3 Å². The fourth-order valence-electron chi connectivity index (χ4n) is 2.77. The fourth-order valence-corrected chi connectivity index (χ4v) is 3.55. The molecule has 7 heteroatoms. The van der Waals surface area contributed by atoms with Crippen LogP contribution in [0.3, 0.4) is 0 Å². The third kappa shape index (κ3) is 3.09. The van der Waals surface area contributed by atoms with E-state index >= 15 is 0 Å². The lowest BCUT2D eigenvalue weighted by Crippen LogP contribution is -2.42. The molecule has 6 nitrogen and oxygen atoms in total. The SMILES string of the molecule is Cc1ccc(=O)n(CC(=O)N2CCCCC2c2nccs2)n1. The van der Waals surface area contributed by atoms with E-state index in [-0.39, 0.29) is 24.1 Å². The van der Waals surface area contributed by atoms with Crippen LogP contribution in [0.15, 0.2) is 28.5 Å². The first-order chi connectivity index (χ1) is 10.6. The van der Waals surface area contributed by atoms with Crippen LogP contribution in [0, 0.1) is 6.92 Å². The maximum atomic E-state index is 12.6. The second-order valence-electron chi connectivity index (χ2n) is 5.44. The van der Waals surface area contributed by atoms with Crippen LogP contribution in [0.4, 0.5) is 0 Å². The number of carbonyl (C=O) groups excluding carboxylic acids is 1. The molecular formula is C15H18N4O2S. The number of hydrogen-bond donors (Lipinski definition) is 0. The zero-order valence-electron chi connectivity index (χ0n) is 12.4. The topological polar surface area (TPSA) is 68.1 Å². The lowest BCUT2D eigenvalue weighted by atomic mass is 10.0. The van der Waals surface area contributed by atoms with Gasteiger partial charge in [0.1, 0.15) is 11.6 Å². The summed E-state index contributed by atoms with van der Waals surface area (Å²) in [5.74, 6) is -0.0694. The molecule has 2 aromatic heterocycles. The number of hydrogen-bond acceptors (Lipinski definition) is 5. The van der Waals surface area contributed by atoms with Crippen molar-refractivity contribution in [2.45, 2.75) is 38.8 Å². The second-order valence-corrected chi connectivity index (χ2v) is 6.37. The molecule has 1 fully saturated rings. The summed E-state index contributed by atoms with van der Waals surface area (Å²) in [7, 11) is 0. The van der Waals surface area contributed by atoms with Gasteiger partial charge in [0.2, 0.25) is 5.91 Å². The Balaban J connectivity index is 1.80. The Hall–Kier alpha value is -2.02. The van der Waals surface area contributed by atoms with Gasteiger partial charge in [-0.15, -0.1) is 11.3 Å².